The number of hydrogen-bond acceptors (Lipinski definition) is 5. The molecule has 1 aromatic carbocycles. The lowest BCUT2D eigenvalue weighted by atomic mass is 10.1. The van der Waals surface area contributed by atoms with E-state index in [0.29, 0.717) is 11.3 Å². The normalized spacial score (nSPS) is 14.8. The molecule has 3 aromatic rings. The first kappa shape index (κ1) is 18.1. The zero-order valence-corrected chi connectivity index (χ0v) is 14.7. The number of furan rings is 1. The van der Waals surface area contributed by atoms with Gasteiger partial charge in [0.15, 0.2) is 17.1 Å². The zero-order chi connectivity index (χ0) is 19.9. The highest BCUT2D eigenvalue weighted by atomic mass is 19.4. The number of carbonyl (C=O) groups is 1. The van der Waals surface area contributed by atoms with Crippen LogP contribution in [0.15, 0.2) is 46.9 Å². The van der Waals surface area contributed by atoms with E-state index in [1.807, 2.05) is 0 Å². The van der Waals surface area contributed by atoms with Crippen LogP contribution in [-0.4, -0.2) is 42.1 Å². The summed E-state index contributed by atoms with van der Waals surface area (Å²) in [4.78, 5) is 17.5. The topological polar surface area (TPSA) is 64.8 Å². The molecule has 28 heavy (non-hydrogen) atoms. The Labute approximate surface area is 157 Å². The number of fused-ring (bicyclic) bond motifs is 1. The van der Waals surface area contributed by atoms with Gasteiger partial charge in [-0.15, -0.1) is 0 Å². The number of alkyl halides is 3. The standard InChI is InChI=1S/C19H15F3N2O4/c1-26-13-5-2-4-11-8-14(28-17(11)13)18(25)24-9-12(10-24)27-16-7-3-6-15(23-16)19(20,21)22/h2-8,12H,9-10H2,1H3. The van der Waals surface area contributed by atoms with Gasteiger partial charge in [-0.3, -0.25) is 4.79 Å². The van der Waals surface area contributed by atoms with Crippen molar-refractivity contribution in [3.05, 3.63) is 53.9 Å². The first-order valence-corrected chi connectivity index (χ1v) is 8.42. The third-order valence-corrected chi connectivity index (χ3v) is 4.38. The first-order valence-electron chi connectivity index (χ1n) is 8.42. The summed E-state index contributed by atoms with van der Waals surface area (Å²) in [6.07, 6.45) is -4.97. The van der Waals surface area contributed by atoms with E-state index in [0.717, 1.165) is 11.5 Å². The number of amides is 1. The van der Waals surface area contributed by atoms with Crippen molar-refractivity contribution in [1.29, 1.82) is 0 Å². The van der Waals surface area contributed by atoms with Gasteiger partial charge in [-0.1, -0.05) is 18.2 Å². The minimum absolute atomic E-state index is 0.125. The molecule has 1 amide bonds. The third kappa shape index (κ3) is 3.35. The smallest absolute Gasteiger partial charge is 0.433 e. The van der Waals surface area contributed by atoms with Crippen LogP contribution < -0.4 is 9.47 Å². The van der Waals surface area contributed by atoms with Gasteiger partial charge in [0.1, 0.15) is 11.8 Å². The Kier molecular flexibility index (Phi) is 4.37. The summed E-state index contributed by atoms with van der Waals surface area (Å²) < 4.78 is 54.4. The van der Waals surface area contributed by atoms with Crippen LogP contribution in [0.2, 0.25) is 0 Å². The second-order valence-electron chi connectivity index (χ2n) is 6.30. The van der Waals surface area contributed by atoms with Gasteiger partial charge in [0.25, 0.3) is 5.91 Å². The Morgan fingerprint density at radius 3 is 2.68 bits per heavy atom. The molecule has 9 heteroatoms. The maximum Gasteiger partial charge on any atom is 0.433 e. The molecule has 0 aliphatic carbocycles. The minimum atomic E-state index is -4.54. The molecule has 0 saturated carbocycles. The minimum Gasteiger partial charge on any atom is -0.493 e. The van der Waals surface area contributed by atoms with Crippen LogP contribution in [0.5, 0.6) is 11.6 Å². The number of carbonyl (C=O) groups excluding carboxylic acids is 1. The van der Waals surface area contributed by atoms with Crippen LogP contribution in [0.3, 0.4) is 0 Å². The van der Waals surface area contributed by atoms with Gasteiger partial charge in [-0.25, -0.2) is 4.98 Å². The molecular weight excluding hydrogens is 377 g/mol. The summed E-state index contributed by atoms with van der Waals surface area (Å²) in [6, 6.07) is 10.4. The summed E-state index contributed by atoms with van der Waals surface area (Å²) >= 11 is 0. The van der Waals surface area contributed by atoms with Crippen LogP contribution in [0.25, 0.3) is 11.0 Å². The number of halogens is 3. The average Bonchev–Trinajstić information content (AvgIpc) is 3.07. The molecule has 0 N–H and O–H groups in total. The number of para-hydroxylation sites is 1. The Morgan fingerprint density at radius 2 is 1.96 bits per heavy atom. The highest BCUT2D eigenvalue weighted by Gasteiger charge is 2.36. The molecule has 146 valence electrons. The summed E-state index contributed by atoms with van der Waals surface area (Å²) in [5, 5.41) is 0.740. The van der Waals surface area contributed by atoms with E-state index >= 15 is 0 Å². The second kappa shape index (κ2) is 6.74. The number of rotatable bonds is 4. The number of hydrogen-bond donors (Lipinski definition) is 0. The quantitative estimate of drug-likeness (QED) is 0.677. The number of aromatic nitrogens is 1. The lowest BCUT2D eigenvalue weighted by Crippen LogP contribution is -2.56. The lowest BCUT2D eigenvalue weighted by molar-refractivity contribution is -0.141. The number of benzene rings is 1. The Morgan fingerprint density at radius 1 is 1.21 bits per heavy atom. The van der Waals surface area contributed by atoms with E-state index in [-0.39, 0.29) is 30.6 Å². The molecule has 0 spiro atoms. The number of methoxy groups -OCH3 is 1. The maximum atomic E-state index is 12.7. The Hall–Kier alpha value is -3.23. The van der Waals surface area contributed by atoms with E-state index in [9.17, 15) is 18.0 Å². The monoisotopic (exact) mass is 392 g/mol. The Bertz CT molecular complexity index is 1030. The van der Waals surface area contributed by atoms with Crippen molar-refractivity contribution in [3.8, 4) is 11.6 Å². The number of likely N-dealkylation sites (tertiary alicyclic amines) is 1. The van der Waals surface area contributed by atoms with Crippen LogP contribution in [-0.2, 0) is 6.18 Å². The molecule has 1 aliphatic heterocycles. The predicted molar refractivity (Wildman–Crippen MR) is 92.3 cm³/mol. The fraction of sp³-hybridized carbons (Fsp3) is 0.263. The van der Waals surface area contributed by atoms with Crippen LogP contribution in [0, 0.1) is 0 Å². The maximum absolute atomic E-state index is 12.7. The molecule has 0 radical (unpaired) electrons. The van der Waals surface area contributed by atoms with E-state index in [1.54, 1.807) is 24.3 Å². The molecule has 0 bridgehead atoms. The van der Waals surface area contributed by atoms with Crippen molar-refractivity contribution in [2.24, 2.45) is 0 Å². The van der Waals surface area contributed by atoms with Crippen molar-refractivity contribution in [1.82, 2.24) is 9.88 Å². The molecule has 0 atom stereocenters. The second-order valence-corrected chi connectivity index (χ2v) is 6.30. The molecular formula is C19H15F3N2O4. The van der Waals surface area contributed by atoms with Gasteiger partial charge in [-0.2, -0.15) is 13.2 Å². The zero-order valence-electron chi connectivity index (χ0n) is 14.7. The Balaban J connectivity index is 1.41. The molecule has 1 aliphatic rings. The third-order valence-electron chi connectivity index (χ3n) is 4.38. The predicted octanol–water partition coefficient (Wildman–Crippen LogP) is 3.76. The summed E-state index contributed by atoms with van der Waals surface area (Å²) in [7, 11) is 1.51. The molecule has 3 heterocycles. The van der Waals surface area contributed by atoms with Crippen molar-refractivity contribution in [3.63, 3.8) is 0 Å². The van der Waals surface area contributed by atoms with Crippen molar-refractivity contribution in [2.45, 2.75) is 12.3 Å². The van der Waals surface area contributed by atoms with Crippen molar-refractivity contribution >= 4 is 16.9 Å². The molecule has 4 rings (SSSR count). The van der Waals surface area contributed by atoms with Crippen LogP contribution >= 0.6 is 0 Å². The van der Waals surface area contributed by atoms with E-state index < -0.39 is 18.0 Å². The van der Waals surface area contributed by atoms with Crippen molar-refractivity contribution in [2.75, 3.05) is 20.2 Å². The van der Waals surface area contributed by atoms with Gasteiger partial charge in [0.2, 0.25) is 5.88 Å². The molecule has 1 saturated heterocycles. The van der Waals surface area contributed by atoms with Gasteiger partial charge in [0, 0.05) is 11.5 Å². The molecule has 2 aromatic heterocycles. The highest BCUT2D eigenvalue weighted by molar-refractivity contribution is 5.97. The number of nitrogens with zero attached hydrogens (tertiary/aromatic N) is 2. The molecule has 1 fully saturated rings. The largest absolute Gasteiger partial charge is 0.493 e. The average molecular weight is 392 g/mol. The summed E-state index contributed by atoms with van der Waals surface area (Å²) in [5.74, 6) is 0.239. The molecule has 6 nitrogen and oxygen atoms in total. The van der Waals surface area contributed by atoms with E-state index in [2.05, 4.69) is 4.98 Å². The first-order chi connectivity index (χ1) is 13.3. The fourth-order valence-corrected chi connectivity index (χ4v) is 2.95. The van der Waals surface area contributed by atoms with Gasteiger partial charge >= 0.3 is 6.18 Å². The van der Waals surface area contributed by atoms with Gasteiger partial charge < -0.3 is 18.8 Å². The van der Waals surface area contributed by atoms with Gasteiger partial charge in [0.05, 0.1) is 20.2 Å². The fourth-order valence-electron chi connectivity index (χ4n) is 2.95. The number of ether oxygens (including phenoxy) is 2. The highest BCUT2D eigenvalue weighted by Crippen LogP contribution is 2.31. The van der Waals surface area contributed by atoms with Crippen LogP contribution in [0.4, 0.5) is 13.2 Å². The van der Waals surface area contributed by atoms with Crippen LogP contribution in [0.1, 0.15) is 16.2 Å². The number of pyridine rings is 1. The molecule has 0 unspecified atom stereocenters. The SMILES string of the molecule is COc1cccc2cc(C(=O)N3CC(Oc4cccc(C(F)(F)F)n4)C3)oc12. The summed E-state index contributed by atoms with van der Waals surface area (Å²) in [5.41, 5.74) is -0.539. The van der Waals surface area contributed by atoms with E-state index in [1.165, 1.54) is 24.1 Å². The lowest BCUT2D eigenvalue weighted by Gasteiger charge is -2.38. The van der Waals surface area contributed by atoms with E-state index in [4.69, 9.17) is 13.9 Å². The summed E-state index contributed by atoms with van der Waals surface area (Å²) in [6.45, 7) is 0.454. The van der Waals surface area contributed by atoms with Gasteiger partial charge in [-0.05, 0) is 18.2 Å². The van der Waals surface area contributed by atoms with Crippen molar-refractivity contribution < 1.29 is 31.9 Å².